The van der Waals surface area contributed by atoms with Gasteiger partial charge in [0.25, 0.3) is 0 Å². The average Bonchev–Trinajstić information content (AvgIpc) is 2.92. The zero-order valence-electron chi connectivity index (χ0n) is 10.0. The lowest BCUT2D eigenvalue weighted by Crippen LogP contribution is -2.11. The number of hydrogen-bond acceptors (Lipinski definition) is 6. The Labute approximate surface area is 122 Å². The van der Waals surface area contributed by atoms with Gasteiger partial charge in [-0.2, -0.15) is 4.98 Å². The summed E-state index contributed by atoms with van der Waals surface area (Å²) >= 11 is 7.20. The predicted molar refractivity (Wildman–Crippen MR) is 79.9 cm³/mol. The minimum atomic E-state index is -0.529. The molecule has 0 spiro atoms. The number of halogens is 2. The Balaban J connectivity index is 2.10. The third-order valence-electron chi connectivity index (χ3n) is 2.66. The molecule has 3 aromatic rings. The van der Waals surface area contributed by atoms with Crippen LogP contribution in [0.15, 0.2) is 29.6 Å². The molecule has 0 atom stereocenters. The Morgan fingerprint density at radius 2 is 2.10 bits per heavy atom. The van der Waals surface area contributed by atoms with Crippen LogP contribution in [0.5, 0.6) is 0 Å². The fourth-order valence-corrected chi connectivity index (χ4v) is 2.68. The van der Waals surface area contributed by atoms with Crippen molar-refractivity contribution in [3.8, 4) is 0 Å². The smallest absolute Gasteiger partial charge is 0.240 e. The van der Waals surface area contributed by atoms with Gasteiger partial charge in [0.2, 0.25) is 5.95 Å². The highest BCUT2D eigenvalue weighted by molar-refractivity contribution is 7.16. The second-order valence-electron chi connectivity index (χ2n) is 3.91. The van der Waals surface area contributed by atoms with E-state index in [0.717, 1.165) is 10.2 Å². The first-order valence-electron chi connectivity index (χ1n) is 5.62. The molecule has 0 fully saturated rings. The quantitative estimate of drug-likeness (QED) is 0.510. The topological polar surface area (TPSA) is 75.9 Å². The van der Waals surface area contributed by atoms with Crippen molar-refractivity contribution in [3.05, 3.63) is 40.5 Å². The maximum atomic E-state index is 13.9. The monoisotopic (exact) mass is 309 g/mol. The van der Waals surface area contributed by atoms with Crippen LogP contribution in [0.1, 0.15) is 0 Å². The molecule has 2 aromatic heterocycles. The van der Waals surface area contributed by atoms with Gasteiger partial charge in [0, 0.05) is 0 Å². The predicted octanol–water partition coefficient (Wildman–Crippen LogP) is 3.51. The first kappa shape index (κ1) is 13.0. The number of nitrogens with zero attached hydrogens (tertiary/aromatic N) is 2. The van der Waals surface area contributed by atoms with Crippen LogP contribution in [0.3, 0.4) is 0 Å². The summed E-state index contributed by atoms with van der Waals surface area (Å²) in [6.07, 6.45) is 0. The fourth-order valence-electron chi connectivity index (χ4n) is 1.74. The van der Waals surface area contributed by atoms with Crippen molar-refractivity contribution in [2.45, 2.75) is 0 Å². The summed E-state index contributed by atoms with van der Waals surface area (Å²) in [5.41, 5.74) is 2.63. The van der Waals surface area contributed by atoms with Gasteiger partial charge in [0.15, 0.2) is 5.82 Å². The third-order valence-corrected chi connectivity index (χ3v) is 3.76. The summed E-state index contributed by atoms with van der Waals surface area (Å²) in [4.78, 5) is 9.15. The summed E-state index contributed by atoms with van der Waals surface area (Å²) in [6, 6.07) is 6.57. The number of hydrazine groups is 1. The highest BCUT2D eigenvalue weighted by Crippen LogP contribution is 2.30. The van der Waals surface area contributed by atoms with E-state index in [0.29, 0.717) is 5.82 Å². The van der Waals surface area contributed by atoms with E-state index in [9.17, 15) is 4.39 Å². The molecular formula is C12H9ClFN5S. The van der Waals surface area contributed by atoms with E-state index < -0.39 is 5.82 Å². The van der Waals surface area contributed by atoms with Crippen molar-refractivity contribution >= 4 is 50.6 Å². The molecule has 1 aromatic carbocycles. The standard InChI is InChI=1S/C12H9ClFN5S/c13-7-2-1-3-8(9(7)14)16-10-6-4-5-20-11(6)18-12(17-10)19-15/h1-5H,15H2,(H2,16,17,18,19). The molecule has 3 rings (SSSR count). The van der Waals surface area contributed by atoms with Crippen molar-refractivity contribution in [1.82, 2.24) is 9.97 Å². The van der Waals surface area contributed by atoms with E-state index in [4.69, 9.17) is 17.4 Å². The number of hydrogen-bond donors (Lipinski definition) is 3. The van der Waals surface area contributed by atoms with Crippen LogP contribution in [-0.4, -0.2) is 9.97 Å². The molecule has 0 bridgehead atoms. The third kappa shape index (κ3) is 2.26. The van der Waals surface area contributed by atoms with Gasteiger partial charge in [-0.25, -0.2) is 15.2 Å². The molecule has 8 heteroatoms. The molecule has 0 saturated carbocycles. The minimum absolute atomic E-state index is 0.0443. The summed E-state index contributed by atoms with van der Waals surface area (Å²) < 4.78 is 13.9. The number of fused-ring (bicyclic) bond motifs is 1. The Morgan fingerprint density at radius 1 is 1.25 bits per heavy atom. The normalized spacial score (nSPS) is 10.8. The maximum absolute atomic E-state index is 13.9. The lowest BCUT2D eigenvalue weighted by molar-refractivity contribution is 0.632. The second-order valence-corrected chi connectivity index (χ2v) is 5.21. The van der Waals surface area contributed by atoms with Crippen LogP contribution in [0.25, 0.3) is 10.2 Å². The summed E-state index contributed by atoms with van der Waals surface area (Å²) in [7, 11) is 0. The van der Waals surface area contributed by atoms with Crippen molar-refractivity contribution in [1.29, 1.82) is 0 Å². The lowest BCUT2D eigenvalue weighted by atomic mass is 10.3. The van der Waals surface area contributed by atoms with Crippen LogP contribution in [-0.2, 0) is 0 Å². The second kappa shape index (κ2) is 5.20. The van der Waals surface area contributed by atoms with E-state index in [1.807, 2.05) is 11.4 Å². The SMILES string of the molecule is NNc1nc(Nc2cccc(Cl)c2F)c2ccsc2n1. The van der Waals surface area contributed by atoms with Crippen LogP contribution >= 0.6 is 22.9 Å². The zero-order valence-corrected chi connectivity index (χ0v) is 11.6. The molecule has 0 saturated heterocycles. The van der Waals surface area contributed by atoms with Crippen molar-refractivity contribution < 1.29 is 4.39 Å². The van der Waals surface area contributed by atoms with Gasteiger partial charge in [-0.15, -0.1) is 11.3 Å². The van der Waals surface area contributed by atoms with Gasteiger partial charge < -0.3 is 5.32 Å². The molecule has 20 heavy (non-hydrogen) atoms. The number of nitrogen functional groups attached to an aromatic ring is 1. The van der Waals surface area contributed by atoms with Crippen molar-refractivity contribution in [2.75, 3.05) is 10.7 Å². The van der Waals surface area contributed by atoms with E-state index in [1.54, 1.807) is 12.1 Å². The molecule has 0 radical (unpaired) electrons. The molecule has 0 aliphatic heterocycles. The van der Waals surface area contributed by atoms with E-state index in [2.05, 4.69) is 20.7 Å². The van der Waals surface area contributed by atoms with Crippen LogP contribution < -0.4 is 16.6 Å². The maximum Gasteiger partial charge on any atom is 0.240 e. The van der Waals surface area contributed by atoms with E-state index >= 15 is 0 Å². The Kier molecular flexibility index (Phi) is 3.39. The van der Waals surface area contributed by atoms with Gasteiger partial charge in [-0.05, 0) is 23.6 Å². The molecule has 0 aliphatic rings. The highest BCUT2D eigenvalue weighted by atomic mass is 35.5. The average molecular weight is 310 g/mol. The largest absolute Gasteiger partial charge is 0.337 e. The van der Waals surface area contributed by atoms with E-state index in [1.165, 1.54) is 17.4 Å². The minimum Gasteiger partial charge on any atom is -0.337 e. The molecule has 0 aliphatic carbocycles. The van der Waals surface area contributed by atoms with Crippen LogP contribution in [0.2, 0.25) is 5.02 Å². The summed E-state index contributed by atoms with van der Waals surface area (Å²) in [5, 5.41) is 5.62. The van der Waals surface area contributed by atoms with Crippen LogP contribution in [0, 0.1) is 5.82 Å². The van der Waals surface area contributed by atoms with E-state index in [-0.39, 0.29) is 16.7 Å². The molecule has 5 nitrogen and oxygen atoms in total. The van der Waals surface area contributed by atoms with Gasteiger partial charge in [-0.1, -0.05) is 17.7 Å². The van der Waals surface area contributed by atoms with Crippen LogP contribution in [0.4, 0.5) is 21.8 Å². The molecule has 102 valence electrons. The molecule has 2 heterocycles. The molecular weight excluding hydrogens is 301 g/mol. The van der Waals surface area contributed by atoms with Gasteiger partial charge >= 0.3 is 0 Å². The number of nitrogens with one attached hydrogen (secondary N) is 2. The van der Waals surface area contributed by atoms with Gasteiger partial charge in [-0.3, -0.25) is 5.43 Å². The highest BCUT2D eigenvalue weighted by Gasteiger charge is 2.12. The molecule has 0 unspecified atom stereocenters. The number of benzene rings is 1. The van der Waals surface area contributed by atoms with Gasteiger partial charge in [0.05, 0.1) is 16.1 Å². The Morgan fingerprint density at radius 3 is 2.90 bits per heavy atom. The summed E-state index contributed by atoms with van der Waals surface area (Å²) in [6.45, 7) is 0. The van der Waals surface area contributed by atoms with Gasteiger partial charge in [0.1, 0.15) is 10.6 Å². The number of nitrogens with two attached hydrogens (primary N) is 1. The number of aromatic nitrogens is 2. The molecule has 4 N–H and O–H groups in total. The Bertz CT molecular complexity index is 776. The summed E-state index contributed by atoms with van der Waals surface area (Å²) in [5.74, 6) is 5.52. The first-order valence-corrected chi connectivity index (χ1v) is 6.87. The number of thiophene rings is 1. The Hall–Kier alpha value is -1.96. The zero-order chi connectivity index (χ0) is 14.1. The number of anilines is 3. The fraction of sp³-hybridized carbons (Fsp3) is 0. The number of rotatable bonds is 3. The first-order chi connectivity index (χ1) is 9.69. The molecule has 0 amide bonds. The van der Waals surface area contributed by atoms with Crippen molar-refractivity contribution in [2.24, 2.45) is 5.84 Å². The van der Waals surface area contributed by atoms with Crippen molar-refractivity contribution in [3.63, 3.8) is 0 Å². The lowest BCUT2D eigenvalue weighted by Gasteiger charge is -2.09.